The van der Waals surface area contributed by atoms with E-state index in [1.54, 1.807) is 4.68 Å². The molecule has 0 aliphatic heterocycles. The van der Waals surface area contributed by atoms with Crippen molar-refractivity contribution in [3.05, 3.63) is 41.0 Å². The second-order valence-corrected chi connectivity index (χ2v) is 8.31. The predicted octanol–water partition coefficient (Wildman–Crippen LogP) is 5.34. The number of amides is 1. The van der Waals surface area contributed by atoms with Gasteiger partial charge in [0.05, 0.1) is 11.4 Å². The molecule has 1 N–H and O–H groups in total. The van der Waals surface area contributed by atoms with Crippen molar-refractivity contribution in [1.29, 1.82) is 0 Å². The smallest absolute Gasteiger partial charge is 0.228 e. The number of hydrogen-bond donors (Lipinski definition) is 1. The third-order valence-electron chi connectivity index (χ3n) is 4.78. The summed E-state index contributed by atoms with van der Waals surface area (Å²) >= 11 is 6.00. The molecule has 1 amide bonds. The summed E-state index contributed by atoms with van der Waals surface area (Å²) in [7, 11) is 0. The molecule has 1 aliphatic rings. The molecule has 0 unspecified atom stereocenters. The van der Waals surface area contributed by atoms with Crippen LogP contribution >= 0.6 is 11.6 Å². The Morgan fingerprint density at radius 3 is 2.40 bits per heavy atom. The van der Waals surface area contributed by atoms with Crippen molar-refractivity contribution in [3.8, 4) is 5.69 Å². The first kappa shape index (κ1) is 18.0. The first-order valence-corrected chi connectivity index (χ1v) is 9.40. The van der Waals surface area contributed by atoms with E-state index in [0.717, 1.165) is 42.9 Å². The van der Waals surface area contributed by atoms with E-state index in [2.05, 4.69) is 26.1 Å². The normalized spacial score (nSPS) is 16.0. The Morgan fingerprint density at radius 2 is 1.80 bits per heavy atom. The van der Waals surface area contributed by atoms with Crippen LogP contribution in [0.2, 0.25) is 5.02 Å². The van der Waals surface area contributed by atoms with Gasteiger partial charge in [-0.25, -0.2) is 4.68 Å². The standard InChI is InChI=1S/C20H26ClN3O/c1-20(2,3)17-13-18(22-19(25)14-7-5-4-6-8-14)24(23-17)16-11-9-15(21)10-12-16/h9-14H,4-8H2,1-3H3,(H,22,25). The fourth-order valence-electron chi connectivity index (χ4n) is 3.21. The van der Waals surface area contributed by atoms with Gasteiger partial charge >= 0.3 is 0 Å². The maximum atomic E-state index is 12.7. The predicted molar refractivity (Wildman–Crippen MR) is 102 cm³/mol. The molecule has 1 aromatic heterocycles. The lowest BCUT2D eigenvalue weighted by Gasteiger charge is -2.20. The molecule has 1 heterocycles. The Morgan fingerprint density at radius 1 is 1.16 bits per heavy atom. The highest BCUT2D eigenvalue weighted by atomic mass is 35.5. The van der Waals surface area contributed by atoms with E-state index in [-0.39, 0.29) is 17.2 Å². The van der Waals surface area contributed by atoms with Crippen molar-refractivity contribution < 1.29 is 4.79 Å². The quantitative estimate of drug-likeness (QED) is 0.803. The van der Waals surface area contributed by atoms with E-state index in [0.29, 0.717) is 5.02 Å². The maximum absolute atomic E-state index is 12.7. The average molecular weight is 360 g/mol. The van der Waals surface area contributed by atoms with E-state index < -0.39 is 0 Å². The third-order valence-corrected chi connectivity index (χ3v) is 5.03. The number of anilines is 1. The molecule has 134 valence electrons. The zero-order valence-electron chi connectivity index (χ0n) is 15.2. The van der Waals surface area contributed by atoms with Crippen LogP contribution < -0.4 is 5.32 Å². The van der Waals surface area contributed by atoms with Crippen LogP contribution in [0.5, 0.6) is 0 Å². The highest BCUT2D eigenvalue weighted by molar-refractivity contribution is 6.30. The van der Waals surface area contributed by atoms with Crippen molar-refractivity contribution in [2.45, 2.75) is 58.3 Å². The van der Waals surface area contributed by atoms with Gasteiger partial charge in [0.1, 0.15) is 5.82 Å². The Labute approximate surface area is 154 Å². The number of benzene rings is 1. The summed E-state index contributed by atoms with van der Waals surface area (Å²) in [5.41, 5.74) is 1.74. The Hall–Kier alpha value is -1.81. The van der Waals surface area contributed by atoms with E-state index >= 15 is 0 Å². The third kappa shape index (κ3) is 4.24. The molecule has 1 fully saturated rings. The van der Waals surface area contributed by atoms with Crippen LogP contribution in [0.3, 0.4) is 0 Å². The van der Waals surface area contributed by atoms with Gasteiger partial charge in [-0.15, -0.1) is 0 Å². The Balaban J connectivity index is 1.91. The van der Waals surface area contributed by atoms with Crippen LogP contribution in [0.4, 0.5) is 5.82 Å². The molecule has 0 saturated heterocycles. The Kier molecular flexibility index (Phi) is 5.19. The summed E-state index contributed by atoms with van der Waals surface area (Å²) in [5, 5.41) is 8.53. The van der Waals surface area contributed by atoms with Crippen molar-refractivity contribution in [2.75, 3.05) is 5.32 Å². The minimum Gasteiger partial charge on any atom is -0.310 e. The van der Waals surface area contributed by atoms with Gasteiger partial charge in [0.15, 0.2) is 0 Å². The van der Waals surface area contributed by atoms with Crippen molar-refractivity contribution in [1.82, 2.24) is 9.78 Å². The zero-order valence-corrected chi connectivity index (χ0v) is 15.9. The van der Waals surface area contributed by atoms with E-state index in [1.807, 2.05) is 30.3 Å². The van der Waals surface area contributed by atoms with E-state index in [4.69, 9.17) is 16.7 Å². The number of carbonyl (C=O) groups excluding carboxylic acids is 1. The minimum atomic E-state index is -0.0952. The second-order valence-electron chi connectivity index (χ2n) is 7.88. The lowest BCUT2D eigenvalue weighted by atomic mass is 9.88. The number of nitrogens with zero attached hydrogens (tertiary/aromatic N) is 2. The lowest BCUT2D eigenvalue weighted by molar-refractivity contribution is -0.120. The van der Waals surface area contributed by atoms with Gasteiger partial charge < -0.3 is 5.32 Å². The zero-order chi connectivity index (χ0) is 18.0. The number of halogens is 1. The van der Waals surface area contributed by atoms with Gasteiger partial charge in [0, 0.05) is 22.4 Å². The number of nitrogens with one attached hydrogen (secondary N) is 1. The molecule has 1 aliphatic carbocycles. The summed E-state index contributed by atoms with van der Waals surface area (Å²) in [5.74, 6) is 0.943. The molecule has 0 radical (unpaired) electrons. The number of aromatic nitrogens is 2. The SMILES string of the molecule is CC(C)(C)c1cc(NC(=O)C2CCCCC2)n(-c2ccc(Cl)cc2)n1. The fraction of sp³-hybridized carbons (Fsp3) is 0.500. The first-order chi connectivity index (χ1) is 11.8. The van der Waals surface area contributed by atoms with Gasteiger partial charge in [0.25, 0.3) is 0 Å². The molecule has 3 rings (SSSR count). The number of hydrogen-bond acceptors (Lipinski definition) is 2. The molecule has 25 heavy (non-hydrogen) atoms. The highest BCUT2D eigenvalue weighted by Crippen LogP contribution is 2.29. The minimum absolute atomic E-state index is 0.0952. The monoisotopic (exact) mass is 359 g/mol. The van der Waals surface area contributed by atoms with Crippen LogP contribution in [0, 0.1) is 5.92 Å². The van der Waals surface area contributed by atoms with Gasteiger partial charge in [-0.1, -0.05) is 51.6 Å². The molecule has 1 aromatic carbocycles. The number of carbonyl (C=O) groups is 1. The molecular formula is C20H26ClN3O. The largest absolute Gasteiger partial charge is 0.310 e. The van der Waals surface area contributed by atoms with E-state index in [1.165, 1.54) is 6.42 Å². The molecule has 4 nitrogen and oxygen atoms in total. The molecule has 1 saturated carbocycles. The van der Waals surface area contributed by atoms with Crippen molar-refractivity contribution in [3.63, 3.8) is 0 Å². The van der Waals surface area contributed by atoms with Crippen LogP contribution in [0.25, 0.3) is 5.69 Å². The fourth-order valence-corrected chi connectivity index (χ4v) is 3.33. The molecule has 0 bridgehead atoms. The summed E-state index contributed by atoms with van der Waals surface area (Å²) in [6.07, 6.45) is 5.48. The van der Waals surface area contributed by atoms with Crippen LogP contribution in [0.1, 0.15) is 58.6 Å². The molecule has 0 atom stereocenters. The summed E-state index contributed by atoms with van der Waals surface area (Å²) in [6, 6.07) is 9.48. The maximum Gasteiger partial charge on any atom is 0.228 e. The summed E-state index contributed by atoms with van der Waals surface area (Å²) in [4.78, 5) is 12.7. The first-order valence-electron chi connectivity index (χ1n) is 9.02. The second kappa shape index (κ2) is 7.20. The molecule has 2 aromatic rings. The van der Waals surface area contributed by atoms with Gasteiger partial charge in [-0.2, -0.15) is 5.10 Å². The van der Waals surface area contributed by atoms with Crippen LogP contribution in [-0.4, -0.2) is 15.7 Å². The van der Waals surface area contributed by atoms with Gasteiger partial charge in [0.2, 0.25) is 5.91 Å². The summed E-state index contributed by atoms with van der Waals surface area (Å²) < 4.78 is 1.80. The van der Waals surface area contributed by atoms with Crippen molar-refractivity contribution in [2.24, 2.45) is 5.92 Å². The van der Waals surface area contributed by atoms with Crippen LogP contribution in [0.15, 0.2) is 30.3 Å². The van der Waals surface area contributed by atoms with E-state index in [9.17, 15) is 4.79 Å². The van der Waals surface area contributed by atoms with Gasteiger partial charge in [-0.3, -0.25) is 4.79 Å². The molecule has 0 spiro atoms. The van der Waals surface area contributed by atoms with Gasteiger partial charge in [-0.05, 0) is 37.1 Å². The number of rotatable bonds is 3. The lowest BCUT2D eigenvalue weighted by Crippen LogP contribution is -2.25. The molecular weight excluding hydrogens is 334 g/mol. The molecule has 5 heteroatoms. The van der Waals surface area contributed by atoms with Crippen LogP contribution in [-0.2, 0) is 10.2 Å². The average Bonchev–Trinajstić information content (AvgIpc) is 3.00. The Bertz CT molecular complexity index is 737. The highest BCUT2D eigenvalue weighted by Gasteiger charge is 2.25. The summed E-state index contributed by atoms with van der Waals surface area (Å²) in [6.45, 7) is 6.36. The van der Waals surface area contributed by atoms with Crippen molar-refractivity contribution >= 4 is 23.3 Å². The topological polar surface area (TPSA) is 46.9 Å².